The van der Waals surface area contributed by atoms with Crippen molar-refractivity contribution in [1.82, 2.24) is 9.27 Å². The molecule has 0 fully saturated rings. The smallest absolute Gasteiger partial charge is 0.218 e. The number of benzene rings is 1. The minimum absolute atomic E-state index is 0.197. The maximum atomic E-state index is 9.58. The Morgan fingerprint density at radius 3 is 2.59 bits per heavy atom. The Balaban J connectivity index is 2.31. The van der Waals surface area contributed by atoms with E-state index in [-0.39, 0.29) is 5.41 Å². The van der Waals surface area contributed by atoms with Gasteiger partial charge in [0.25, 0.3) is 0 Å². The average Bonchev–Trinajstić information content (AvgIpc) is 3.00. The zero-order valence-electron chi connectivity index (χ0n) is 17.3. The summed E-state index contributed by atoms with van der Waals surface area (Å²) < 4.78 is 10.5. The molecule has 1 heterocycles. The largest absolute Gasteiger partial charge is 0.443 e. The van der Waals surface area contributed by atoms with Crippen LogP contribution in [0.15, 0.2) is 17.1 Å². The van der Waals surface area contributed by atoms with Crippen LogP contribution in [0.3, 0.4) is 0 Å². The summed E-state index contributed by atoms with van der Waals surface area (Å²) in [6.45, 7) is 13.3. The van der Waals surface area contributed by atoms with Crippen LogP contribution in [0.2, 0.25) is 0 Å². The van der Waals surface area contributed by atoms with Crippen LogP contribution in [-0.4, -0.2) is 29.2 Å². The van der Waals surface area contributed by atoms with E-state index in [0.29, 0.717) is 10.6 Å². The number of aryl methyl sites for hydroxylation is 2. The fourth-order valence-electron chi connectivity index (χ4n) is 2.65. The molecule has 0 aliphatic heterocycles. The summed E-state index contributed by atoms with van der Waals surface area (Å²) in [5, 5.41) is 10.1. The van der Waals surface area contributed by atoms with Crippen LogP contribution in [0.25, 0.3) is 0 Å². The normalized spacial score (nSPS) is 11.6. The first-order valence-electron chi connectivity index (χ1n) is 9.11. The van der Waals surface area contributed by atoms with E-state index in [1.54, 1.807) is 0 Å². The van der Waals surface area contributed by atoms with Crippen molar-refractivity contribution in [2.45, 2.75) is 53.4 Å². The minimum Gasteiger partial charge on any atom is -0.443 e. The van der Waals surface area contributed by atoms with Gasteiger partial charge in [-0.2, -0.15) is 9.64 Å². The van der Waals surface area contributed by atoms with Crippen molar-refractivity contribution in [1.29, 1.82) is 5.26 Å². The maximum Gasteiger partial charge on any atom is 0.218 e. The highest BCUT2D eigenvalue weighted by Crippen LogP contribution is 2.38. The van der Waals surface area contributed by atoms with E-state index in [2.05, 4.69) is 27.3 Å². The van der Waals surface area contributed by atoms with Crippen molar-refractivity contribution in [3.63, 3.8) is 0 Å². The summed E-state index contributed by atoms with van der Waals surface area (Å²) in [6.07, 6.45) is 2.94. The summed E-state index contributed by atoms with van der Waals surface area (Å²) in [6, 6.07) is 6.24. The molecule has 0 bridgehead atoms. The van der Waals surface area contributed by atoms with Crippen LogP contribution in [0.1, 0.15) is 56.5 Å². The van der Waals surface area contributed by atoms with Gasteiger partial charge in [0.15, 0.2) is 0 Å². The molecule has 0 saturated carbocycles. The van der Waals surface area contributed by atoms with Crippen LogP contribution in [0.4, 0.5) is 5.69 Å². The lowest BCUT2D eigenvalue weighted by atomic mass is 9.90. The van der Waals surface area contributed by atoms with Crippen molar-refractivity contribution in [2.75, 3.05) is 13.6 Å². The molecule has 5 nitrogen and oxygen atoms in total. The molecular formula is C21H28N4OS. The van der Waals surface area contributed by atoms with Crippen molar-refractivity contribution < 1.29 is 4.74 Å². The van der Waals surface area contributed by atoms with Gasteiger partial charge in [0.2, 0.25) is 5.06 Å². The Kier molecular flexibility index (Phi) is 6.61. The van der Waals surface area contributed by atoms with Gasteiger partial charge in [0.05, 0.1) is 17.7 Å². The van der Waals surface area contributed by atoms with Gasteiger partial charge in [-0.15, -0.1) is 0 Å². The molecule has 27 heavy (non-hydrogen) atoms. The van der Waals surface area contributed by atoms with E-state index in [1.807, 2.05) is 60.1 Å². The fraction of sp³-hybridized carbons (Fsp3) is 0.476. The highest BCUT2D eigenvalue weighted by Gasteiger charge is 2.26. The van der Waals surface area contributed by atoms with E-state index in [1.165, 1.54) is 11.5 Å². The quantitative estimate of drug-likeness (QED) is 0.472. The number of hydrogen-bond donors (Lipinski definition) is 0. The monoisotopic (exact) mass is 384 g/mol. The van der Waals surface area contributed by atoms with Crippen molar-refractivity contribution in [3.05, 3.63) is 34.5 Å². The Labute approximate surface area is 166 Å². The van der Waals surface area contributed by atoms with Gasteiger partial charge in [-0.1, -0.05) is 27.7 Å². The number of aromatic nitrogens is 1. The van der Waals surface area contributed by atoms with Gasteiger partial charge < -0.3 is 9.64 Å². The van der Waals surface area contributed by atoms with Crippen LogP contribution >= 0.6 is 11.5 Å². The number of aliphatic imine (C=N–C) groups is 1. The molecule has 0 aliphatic rings. The molecule has 2 aromatic rings. The highest BCUT2D eigenvalue weighted by molar-refractivity contribution is 7.08. The van der Waals surface area contributed by atoms with Gasteiger partial charge >= 0.3 is 0 Å². The Morgan fingerprint density at radius 2 is 2.00 bits per heavy atom. The molecule has 0 radical (unpaired) electrons. The molecule has 0 unspecified atom stereocenters. The molecule has 0 amide bonds. The first-order chi connectivity index (χ1) is 12.7. The van der Waals surface area contributed by atoms with Gasteiger partial charge in [-0.05, 0) is 43.5 Å². The molecular weight excluding hydrogens is 356 g/mol. The Morgan fingerprint density at radius 1 is 1.30 bits per heavy atom. The zero-order chi connectivity index (χ0) is 20.2. The second-order valence-corrected chi connectivity index (χ2v) is 8.52. The predicted molar refractivity (Wildman–Crippen MR) is 113 cm³/mol. The molecule has 0 aliphatic carbocycles. The number of ether oxygens (including phenoxy) is 1. The van der Waals surface area contributed by atoms with E-state index in [0.717, 1.165) is 41.2 Å². The second-order valence-electron chi connectivity index (χ2n) is 7.79. The van der Waals surface area contributed by atoms with Gasteiger partial charge in [-0.25, -0.2) is 4.99 Å². The standard InChI is InChI=1S/C21H28N4OS/c1-8-9-25(7)13-23-17-10-15(3)18(11-14(17)2)26-20-16(12-22)19(24-27-20)21(4,5)6/h10-11,13H,8-9H2,1-7H3/b23-13+. The van der Waals surface area contributed by atoms with Crippen molar-refractivity contribution >= 4 is 23.6 Å². The van der Waals surface area contributed by atoms with E-state index in [9.17, 15) is 5.26 Å². The summed E-state index contributed by atoms with van der Waals surface area (Å²) in [4.78, 5) is 6.66. The Bertz CT molecular complexity index is 872. The number of hydrogen-bond acceptors (Lipinski definition) is 5. The van der Waals surface area contributed by atoms with E-state index in [4.69, 9.17) is 4.74 Å². The minimum atomic E-state index is -0.197. The van der Waals surface area contributed by atoms with Crippen molar-refractivity contribution in [3.8, 4) is 16.9 Å². The topological polar surface area (TPSA) is 61.5 Å². The summed E-state index contributed by atoms with van der Waals surface area (Å²) in [5.41, 5.74) is 4.02. The van der Waals surface area contributed by atoms with Gasteiger partial charge in [0.1, 0.15) is 17.4 Å². The molecule has 6 heteroatoms. The van der Waals surface area contributed by atoms with E-state index >= 15 is 0 Å². The third-order valence-electron chi connectivity index (χ3n) is 4.15. The molecule has 1 aromatic carbocycles. The van der Waals surface area contributed by atoms with Gasteiger partial charge in [0, 0.05) is 30.5 Å². The second kappa shape index (κ2) is 8.53. The third kappa shape index (κ3) is 5.08. The lowest BCUT2D eigenvalue weighted by molar-refractivity contribution is 0.487. The lowest BCUT2D eigenvalue weighted by Gasteiger charge is -2.15. The number of nitriles is 1. The summed E-state index contributed by atoms with van der Waals surface area (Å²) in [5.74, 6) is 0.731. The Hall–Kier alpha value is -2.39. The summed E-state index contributed by atoms with van der Waals surface area (Å²) >= 11 is 1.23. The van der Waals surface area contributed by atoms with Crippen molar-refractivity contribution in [2.24, 2.45) is 4.99 Å². The molecule has 1 aromatic heterocycles. The van der Waals surface area contributed by atoms with Gasteiger partial charge in [-0.3, -0.25) is 0 Å². The molecule has 2 rings (SSSR count). The molecule has 0 atom stereocenters. The summed E-state index contributed by atoms with van der Waals surface area (Å²) in [7, 11) is 2.02. The predicted octanol–water partition coefficient (Wildman–Crippen LogP) is 5.72. The van der Waals surface area contributed by atoms with Crippen LogP contribution in [-0.2, 0) is 5.41 Å². The number of nitrogens with zero attached hydrogens (tertiary/aromatic N) is 4. The average molecular weight is 385 g/mol. The van der Waals surface area contributed by atoms with Crippen LogP contribution in [0.5, 0.6) is 10.8 Å². The third-order valence-corrected chi connectivity index (χ3v) is 4.88. The molecule has 144 valence electrons. The fourth-order valence-corrected chi connectivity index (χ4v) is 3.55. The maximum absolute atomic E-state index is 9.58. The molecule has 0 spiro atoms. The molecule has 0 saturated heterocycles. The highest BCUT2D eigenvalue weighted by atomic mass is 32.1. The first-order valence-corrected chi connectivity index (χ1v) is 9.88. The zero-order valence-corrected chi connectivity index (χ0v) is 18.1. The number of rotatable bonds is 6. The van der Waals surface area contributed by atoms with E-state index < -0.39 is 0 Å². The molecule has 0 N–H and O–H groups in total. The lowest BCUT2D eigenvalue weighted by Crippen LogP contribution is -2.16. The van der Waals surface area contributed by atoms with Crippen LogP contribution in [0, 0.1) is 25.2 Å². The van der Waals surface area contributed by atoms with Crippen LogP contribution < -0.4 is 4.74 Å². The SMILES string of the molecule is CCCN(C)/C=N/c1cc(C)c(Oc2snc(C(C)(C)C)c2C#N)cc1C. The first kappa shape index (κ1) is 20.9.